The molecule has 0 aliphatic heterocycles. The van der Waals surface area contributed by atoms with Crippen LogP contribution in [0.3, 0.4) is 0 Å². The third-order valence-electron chi connectivity index (χ3n) is 3.50. The van der Waals surface area contributed by atoms with E-state index in [1.807, 2.05) is 26.0 Å². The fraction of sp³-hybridized carbons (Fsp3) is 0.571. The number of aromatic nitrogens is 3. The van der Waals surface area contributed by atoms with Crippen molar-refractivity contribution in [3.8, 4) is 0 Å². The molecule has 0 aromatic carbocycles. The Morgan fingerprint density at radius 2 is 2.00 bits per heavy atom. The molecule has 0 bridgehead atoms. The van der Waals surface area contributed by atoms with E-state index in [0.717, 1.165) is 29.1 Å². The molecule has 0 N–H and O–H groups in total. The summed E-state index contributed by atoms with van der Waals surface area (Å²) in [5.41, 5.74) is 2.83. The number of alkyl halides is 1. The maximum Gasteiger partial charge on any atom is 0.160 e. The largest absolute Gasteiger partial charge is 0.306 e. The van der Waals surface area contributed by atoms with Crippen LogP contribution in [-0.2, 0) is 5.54 Å². The van der Waals surface area contributed by atoms with Crippen LogP contribution in [0.4, 0.5) is 0 Å². The SMILES string of the molecule is CCC(C)(C)n1c(C(C)Cl)nc2ccc(C)nc21. The van der Waals surface area contributed by atoms with E-state index < -0.39 is 0 Å². The van der Waals surface area contributed by atoms with Crippen LogP contribution >= 0.6 is 11.6 Å². The summed E-state index contributed by atoms with van der Waals surface area (Å²) in [5.74, 6) is 0.900. The Morgan fingerprint density at radius 3 is 2.56 bits per heavy atom. The van der Waals surface area contributed by atoms with Gasteiger partial charge in [0.15, 0.2) is 5.65 Å². The molecule has 2 rings (SSSR count). The van der Waals surface area contributed by atoms with Crippen molar-refractivity contribution in [3.63, 3.8) is 0 Å². The Labute approximate surface area is 113 Å². The normalized spacial score (nSPS) is 14.1. The van der Waals surface area contributed by atoms with Gasteiger partial charge in [0, 0.05) is 11.2 Å². The Balaban J connectivity index is 2.81. The lowest BCUT2D eigenvalue weighted by Crippen LogP contribution is -2.27. The first-order valence-corrected chi connectivity index (χ1v) is 6.81. The molecule has 4 heteroatoms. The second-order valence-electron chi connectivity index (χ2n) is 5.38. The number of aryl methyl sites for hydroxylation is 1. The van der Waals surface area contributed by atoms with Gasteiger partial charge < -0.3 is 4.57 Å². The van der Waals surface area contributed by atoms with E-state index in [1.165, 1.54) is 0 Å². The Kier molecular flexibility index (Phi) is 3.37. The van der Waals surface area contributed by atoms with E-state index in [0.29, 0.717) is 0 Å². The molecule has 2 aromatic heterocycles. The van der Waals surface area contributed by atoms with Gasteiger partial charge in [0.1, 0.15) is 11.3 Å². The Hall–Kier alpha value is -1.09. The maximum atomic E-state index is 6.27. The monoisotopic (exact) mass is 265 g/mol. The lowest BCUT2D eigenvalue weighted by molar-refractivity contribution is 0.339. The number of fused-ring (bicyclic) bond motifs is 1. The topological polar surface area (TPSA) is 30.7 Å². The number of rotatable bonds is 3. The smallest absolute Gasteiger partial charge is 0.160 e. The summed E-state index contributed by atoms with van der Waals surface area (Å²) in [6.45, 7) is 10.5. The first kappa shape index (κ1) is 13.3. The fourth-order valence-corrected chi connectivity index (χ4v) is 2.24. The van der Waals surface area contributed by atoms with Crippen molar-refractivity contribution in [1.82, 2.24) is 14.5 Å². The molecule has 1 atom stereocenters. The predicted molar refractivity (Wildman–Crippen MR) is 76.1 cm³/mol. The first-order valence-electron chi connectivity index (χ1n) is 6.37. The standard InChI is InChI=1S/C14H20ClN3/c1-6-14(4,5)18-12(10(3)15)17-11-8-7-9(2)16-13(11)18/h7-8,10H,6H2,1-5H3. The van der Waals surface area contributed by atoms with Crippen LogP contribution in [0, 0.1) is 6.92 Å². The van der Waals surface area contributed by atoms with E-state index in [4.69, 9.17) is 11.6 Å². The predicted octanol–water partition coefficient (Wildman–Crippen LogP) is 4.18. The second kappa shape index (κ2) is 4.54. The Bertz CT molecular complexity index is 570. The molecule has 0 saturated carbocycles. The molecule has 98 valence electrons. The molecule has 2 heterocycles. The van der Waals surface area contributed by atoms with Crippen molar-refractivity contribution in [1.29, 1.82) is 0 Å². The zero-order valence-corrected chi connectivity index (χ0v) is 12.4. The number of pyridine rings is 1. The van der Waals surface area contributed by atoms with Gasteiger partial charge in [-0.3, -0.25) is 0 Å². The first-order chi connectivity index (χ1) is 8.36. The molecule has 0 saturated heterocycles. The summed E-state index contributed by atoms with van der Waals surface area (Å²) in [6.07, 6.45) is 1.00. The van der Waals surface area contributed by atoms with E-state index in [2.05, 4.69) is 35.3 Å². The fourth-order valence-electron chi connectivity index (χ4n) is 2.09. The van der Waals surface area contributed by atoms with Crippen LogP contribution in [-0.4, -0.2) is 14.5 Å². The molecule has 0 radical (unpaired) electrons. The van der Waals surface area contributed by atoms with E-state index in [9.17, 15) is 0 Å². The highest BCUT2D eigenvalue weighted by molar-refractivity contribution is 6.20. The van der Waals surface area contributed by atoms with Crippen LogP contribution in [0.15, 0.2) is 12.1 Å². The van der Waals surface area contributed by atoms with Gasteiger partial charge in [-0.25, -0.2) is 9.97 Å². The zero-order chi connectivity index (χ0) is 13.5. The summed E-state index contributed by atoms with van der Waals surface area (Å²) in [7, 11) is 0. The maximum absolute atomic E-state index is 6.27. The van der Waals surface area contributed by atoms with Gasteiger partial charge in [0.25, 0.3) is 0 Å². The second-order valence-corrected chi connectivity index (χ2v) is 6.04. The number of nitrogens with zero attached hydrogens (tertiary/aromatic N) is 3. The summed E-state index contributed by atoms with van der Waals surface area (Å²) in [6, 6.07) is 4.00. The molecule has 1 unspecified atom stereocenters. The molecule has 3 nitrogen and oxygen atoms in total. The number of halogens is 1. The highest BCUT2D eigenvalue weighted by Gasteiger charge is 2.26. The molecule has 2 aromatic rings. The van der Waals surface area contributed by atoms with Crippen molar-refractivity contribution >= 4 is 22.8 Å². The van der Waals surface area contributed by atoms with E-state index >= 15 is 0 Å². The van der Waals surface area contributed by atoms with E-state index in [-0.39, 0.29) is 10.9 Å². The highest BCUT2D eigenvalue weighted by Crippen LogP contribution is 2.31. The van der Waals surface area contributed by atoms with Crippen LogP contribution < -0.4 is 0 Å². The molecule has 0 aliphatic rings. The van der Waals surface area contributed by atoms with Crippen LogP contribution in [0.2, 0.25) is 0 Å². The minimum Gasteiger partial charge on any atom is -0.306 e. The lowest BCUT2D eigenvalue weighted by Gasteiger charge is -2.28. The average molecular weight is 266 g/mol. The molecular weight excluding hydrogens is 246 g/mol. The van der Waals surface area contributed by atoms with Crippen molar-refractivity contribution < 1.29 is 0 Å². The summed E-state index contributed by atoms with van der Waals surface area (Å²) in [5, 5.41) is -0.120. The third kappa shape index (κ3) is 2.12. The van der Waals surface area contributed by atoms with Gasteiger partial charge in [-0.15, -0.1) is 11.6 Å². The van der Waals surface area contributed by atoms with Crippen LogP contribution in [0.5, 0.6) is 0 Å². The average Bonchev–Trinajstić information content (AvgIpc) is 2.68. The summed E-state index contributed by atoms with van der Waals surface area (Å²) in [4.78, 5) is 9.27. The third-order valence-corrected chi connectivity index (χ3v) is 3.69. The van der Waals surface area contributed by atoms with Gasteiger partial charge >= 0.3 is 0 Å². The van der Waals surface area contributed by atoms with Gasteiger partial charge in [0.05, 0.1) is 5.38 Å². The number of imidazole rings is 1. The van der Waals surface area contributed by atoms with Gasteiger partial charge in [-0.05, 0) is 46.2 Å². The quantitative estimate of drug-likeness (QED) is 0.780. The molecule has 0 fully saturated rings. The summed E-state index contributed by atoms with van der Waals surface area (Å²) < 4.78 is 2.19. The van der Waals surface area contributed by atoms with Gasteiger partial charge in [-0.2, -0.15) is 0 Å². The van der Waals surface area contributed by atoms with Crippen molar-refractivity contribution in [2.24, 2.45) is 0 Å². The van der Waals surface area contributed by atoms with Crippen LogP contribution in [0.25, 0.3) is 11.2 Å². The highest BCUT2D eigenvalue weighted by atomic mass is 35.5. The molecule has 0 amide bonds. The van der Waals surface area contributed by atoms with Crippen molar-refractivity contribution in [3.05, 3.63) is 23.7 Å². The molecule has 0 spiro atoms. The van der Waals surface area contributed by atoms with Crippen molar-refractivity contribution in [2.75, 3.05) is 0 Å². The lowest BCUT2D eigenvalue weighted by atomic mass is 10.0. The molecule has 0 aliphatic carbocycles. The summed E-state index contributed by atoms with van der Waals surface area (Å²) >= 11 is 6.27. The molecule has 18 heavy (non-hydrogen) atoms. The molecular formula is C14H20ClN3. The number of hydrogen-bond acceptors (Lipinski definition) is 2. The zero-order valence-electron chi connectivity index (χ0n) is 11.7. The Morgan fingerprint density at radius 1 is 1.33 bits per heavy atom. The van der Waals surface area contributed by atoms with Crippen LogP contribution in [0.1, 0.15) is 51.0 Å². The minimum atomic E-state index is -0.120. The van der Waals surface area contributed by atoms with Gasteiger partial charge in [0.2, 0.25) is 0 Å². The van der Waals surface area contributed by atoms with Crippen molar-refractivity contribution in [2.45, 2.75) is 52.0 Å². The number of hydrogen-bond donors (Lipinski definition) is 0. The van der Waals surface area contributed by atoms with E-state index in [1.54, 1.807) is 0 Å². The minimum absolute atomic E-state index is 0.0337. The van der Waals surface area contributed by atoms with Gasteiger partial charge in [-0.1, -0.05) is 6.92 Å².